The quantitative estimate of drug-likeness (QED) is 0.168. The first-order valence-corrected chi connectivity index (χ1v) is 17.6. The van der Waals surface area contributed by atoms with Crippen molar-refractivity contribution in [3.63, 3.8) is 0 Å². The van der Waals surface area contributed by atoms with Crippen molar-refractivity contribution >= 4 is 63.8 Å². The Morgan fingerprint density at radius 1 is 0.306 bits per heavy atom. The third-order valence-corrected chi connectivity index (χ3v) is 11.2. The fraction of sp³-hybridized carbons (Fsp3) is 0. The number of rotatable bonds is 4. The highest BCUT2D eigenvalue weighted by Crippen LogP contribution is 2.44. The molecule has 0 atom stereocenters. The summed E-state index contributed by atoms with van der Waals surface area (Å²) >= 11 is 1.86. The van der Waals surface area contributed by atoms with Crippen molar-refractivity contribution in [1.29, 1.82) is 0 Å². The zero-order valence-electron chi connectivity index (χ0n) is 27.7. The summed E-state index contributed by atoms with van der Waals surface area (Å²) in [5.41, 5.74) is 9.80. The van der Waals surface area contributed by atoms with E-state index in [0.29, 0.717) is 6.04 Å². The predicted molar refractivity (Wildman–Crippen MR) is 214 cm³/mol. The van der Waals surface area contributed by atoms with Crippen LogP contribution in [0.5, 0.6) is 0 Å². The Morgan fingerprint density at radius 2 is 0.776 bits per heavy atom. The third kappa shape index (κ3) is 4.66. The Kier molecular flexibility index (Phi) is 6.22. The molecular weight excluding hydrogens is 609 g/mol. The number of hydrogen-bond acceptors (Lipinski definition) is 1. The minimum absolute atomic E-state index is 0.540. The maximum atomic E-state index is 7.96. The topological polar surface area (TPSA) is 0 Å². The Hall–Kier alpha value is -6.02. The predicted octanol–water partition coefficient (Wildman–Crippen LogP) is 14.2. The molecule has 0 bridgehead atoms. The van der Waals surface area contributed by atoms with Crippen LogP contribution in [0.15, 0.2) is 182 Å². The highest BCUT2D eigenvalue weighted by molar-refractivity contribution is 7.25. The monoisotopic (exact) mass is 639 g/mol. The van der Waals surface area contributed by atoms with Gasteiger partial charge in [-0.2, -0.15) is 0 Å². The lowest BCUT2D eigenvalue weighted by molar-refractivity contribution is 1.62. The summed E-state index contributed by atoms with van der Waals surface area (Å²) in [5, 5.41) is 9.93. The van der Waals surface area contributed by atoms with E-state index in [4.69, 9.17) is 1.37 Å². The second-order valence-corrected chi connectivity index (χ2v) is 13.9. The minimum atomic E-state index is 0.540. The van der Waals surface area contributed by atoms with Crippen LogP contribution in [0.25, 0.3) is 97.0 Å². The fourth-order valence-electron chi connectivity index (χ4n) is 7.62. The van der Waals surface area contributed by atoms with E-state index in [-0.39, 0.29) is 0 Å². The van der Waals surface area contributed by atoms with Crippen LogP contribution >= 0.6 is 11.3 Å². The van der Waals surface area contributed by atoms with Crippen LogP contribution in [-0.4, -0.2) is 0 Å². The first-order valence-electron chi connectivity index (χ1n) is 17.2. The van der Waals surface area contributed by atoms with Gasteiger partial charge in [0.2, 0.25) is 0 Å². The van der Waals surface area contributed by atoms with Crippen LogP contribution < -0.4 is 0 Å². The molecule has 0 N–H and O–H groups in total. The molecule has 9 aromatic carbocycles. The lowest BCUT2D eigenvalue weighted by atomic mass is 9.85. The summed E-state index contributed by atoms with van der Waals surface area (Å²) in [7, 11) is 0. The van der Waals surface area contributed by atoms with E-state index < -0.39 is 0 Å². The molecule has 0 saturated heterocycles. The van der Waals surface area contributed by atoms with Crippen LogP contribution in [0.4, 0.5) is 0 Å². The minimum Gasteiger partial charge on any atom is -0.135 e. The summed E-state index contributed by atoms with van der Waals surface area (Å²) in [6, 6.07) is 64.3. The zero-order chi connectivity index (χ0) is 33.2. The molecule has 10 aromatic rings. The van der Waals surface area contributed by atoms with Gasteiger partial charge in [-0.1, -0.05) is 158 Å². The molecule has 1 heteroatoms. The zero-order valence-corrected chi connectivity index (χ0v) is 27.5. The van der Waals surface area contributed by atoms with Crippen molar-refractivity contribution in [1.82, 2.24) is 0 Å². The van der Waals surface area contributed by atoms with Gasteiger partial charge in [-0.05, 0) is 101 Å². The maximum Gasteiger partial charge on any atom is 0.0623 e. The highest BCUT2D eigenvalue weighted by Gasteiger charge is 2.17. The Morgan fingerprint density at radius 3 is 1.39 bits per heavy atom. The van der Waals surface area contributed by atoms with Crippen molar-refractivity contribution in [3.05, 3.63) is 182 Å². The average molecular weight is 640 g/mol. The molecule has 0 radical (unpaired) electrons. The van der Waals surface area contributed by atoms with Gasteiger partial charge in [0.1, 0.15) is 0 Å². The van der Waals surface area contributed by atoms with Crippen molar-refractivity contribution in [2.75, 3.05) is 0 Å². The fourth-order valence-corrected chi connectivity index (χ4v) is 8.71. The third-order valence-electron chi connectivity index (χ3n) is 10.0. The number of thiophene rings is 1. The molecule has 1 aromatic heterocycles. The molecule has 228 valence electrons. The van der Waals surface area contributed by atoms with E-state index in [1.54, 1.807) is 0 Å². The summed E-state index contributed by atoms with van der Waals surface area (Å²) in [6.45, 7) is 0. The standard InChI is InChI=1S/C48H30S/c1-2-10-36-29-37(26-21-31(36)9-1)32-17-22-34(23-18-32)47-40-12-3-5-14-42(40)48(43-15-6-4-13-41(43)47)35-24-19-33(20-25-35)38-27-28-46-44(30-38)39-11-7-8-16-45(39)49-46/h1-30H/i1D. The van der Waals surface area contributed by atoms with E-state index in [2.05, 4.69) is 158 Å². The van der Waals surface area contributed by atoms with Gasteiger partial charge in [0.25, 0.3) is 0 Å². The van der Waals surface area contributed by atoms with Crippen LogP contribution in [0, 0.1) is 0 Å². The molecule has 0 saturated carbocycles. The van der Waals surface area contributed by atoms with E-state index in [1.807, 2.05) is 29.5 Å². The lowest BCUT2D eigenvalue weighted by Crippen LogP contribution is -1.91. The van der Waals surface area contributed by atoms with Gasteiger partial charge in [-0.15, -0.1) is 11.3 Å². The van der Waals surface area contributed by atoms with E-state index in [0.717, 1.165) is 10.8 Å². The van der Waals surface area contributed by atoms with Crippen molar-refractivity contribution in [3.8, 4) is 44.5 Å². The van der Waals surface area contributed by atoms with Crippen LogP contribution in [0.2, 0.25) is 0 Å². The normalized spacial score (nSPS) is 12.0. The average Bonchev–Trinajstić information content (AvgIpc) is 3.55. The van der Waals surface area contributed by atoms with Gasteiger partial charge in [0, 0.05) is 20.2 Å². The number of fused-ring (bicyclic) bond motifs is 6. The van der Waals surface area contributed by atoms with Gasteiger partial charge < -0.3 is 0 Å². The number of hydrogen-bond donors (Lipinski definition) is 0. The molecule has 0 fully saturated rings. The van der Waals surface area contributed by atoms with Crippen LogP contribution in [0.1, 0.15) is 1.37 Å². The van der Waals surface area contributed by atoms with Gasteiger partial charge in [-0.3, -0.25) is 0 Å². The molecule has 0 aliphatic rings. The molecule has 0 aliphatic heterocycles. The second kappa shape index (κ2) is 11.3. The summed E-state index contributed by atoms with van der Waals surface area (Å²) < 4.78 is 10.6. The summed E-state index contributed by atoms with van der Waals surface area (Å²) in [5.74, 6) is 0. The Bertz CT molecular complexity index is 2860. The molecule has 0 unspecified atom stereocenters. The van der Waals surface area contributed by atoms with Crippen molar-refractivity contribution in [2.24, 2.45) is 0 Å². The van der Waals surface area contributed by atoms with Crippen LogP contribution in [0.3, 0.4) is 0 Å². The van der Waals surface area contributed by atoms with Gasteiger partial charge >= 0.3 is 0 Å². The van der Waals surface area contributed by atoms with Gasteiger partial charge in [0.15, 0.2) is 0 Å². The molecule has 0 spiro atoms. The molecule has 10 rings (SSSR count). The van der Waals surface area contributed by atoms with E-state index in [9.17, 15) is 0 Å². The smallest absolute Gasteiger partial charge is 0.0623 e. The second-order valence-electron chi connectivity index (χ2n) is 12.8. The molecule has 0 nitrogen and oxygen atoms in total. The largest absolute Gasteiger partial charge is 0.135 e. The maximum absolute atomic E-state index is 7.96. The molecule has 1 heterocycles. The van der Waals surface area contributed by atoms with Crippen molar-refractivity contribution in [2.45, 2.75) is 0 Å². The molecular formula is C48H30S. The summed E-state index contributed by atoms with van der Waals surface area (Å²) in [4.78, 5) is 0. The Labute approximate surface area is 290 Å². The Balaban J connectivity index is 1.07. The van der Waals surface area contributed by atoms with E-state index in [1.165, 1.54) is 86.2 Å². The number of benzene rings is 9. The first-order chi connectivity index (χ1) is 24.7. The highest BCUT2D eigenvalue weighted by atomic mass is 32.1. The van der Waals surface area contributed by atoms with E-state index >= 15 is 0 Å². The summed E-state index contributed by atoms with van der Waals surface area (Å²) in [6.07, 6.45) is 0. The lowest BCUT2D eigenvalue weighted by Gasteiger charge is -2.18. The van der Waals surface area contributed by atoms with Crippen molar-refractivity contribution < 1.29 is 1.37 Å². The first kappa shape index (κ1) is 27.0. The molecule has 0 aliphatic carbocycles. The SMILES string of the molecule is [2H]c1ccc2cc(-c3ccc(-c4c5ccccc5c(-c5ccc(-c6ccc7sc8ccccc8c7c6)cc5)c5ccccc45)cc3)ccc2c1. The van der Waals surface area contributed by atoms with Gasteiger partial charge in [0.05, 0.1) is 1.37 Å². The molecule has 0 amide bonds. The van der Waals surface area contributed by atoms with Gasteiger partial charge in [-0.25, -0.2) is 0 Å². The molecule has 49 heavy (non-hydrogen) atoms. The van der Waals surface area contributed by atoms with Crippen LogP contribution in [-0.2, 0) is 0 Å².